The van der Waals surface area contributed by atoms with Crippen LogP contribution in [0.25, 0.3) is 0 Å². The van der Waals surface area contributed by atoms with Crippen molar-refractivity contribution in [3.63, 3.8) is 0 Å². The highest BCUT2D eigenvalue weighted by molar-refractivity contribution is 6.73. The zero-order valence-corrected chi connectivity index (χ0v) is 4.22. The van der Waals surface area contributed by atoms with Crippen LogP contribution < -0.4 is 0 Å². The second-order valence-electron chi connectivity index (χ2n) is 1.41. The number of carbonyl (C=O) groups excluding carboxylic acids is 1. The minimum atomic E-state index is -1.22. The number of hydrogen-bond donors (Lipinski definition) is 0. The number of aldehydes is 1. The molecule has 5 radical (unpaired) electrons. The molecule has 0 aliphatic heterocycles. The van der Waals surface area contributed by atoms with Gasteiger partial charge in [-0.3, -0.25) is 0 Å². The van der Waals surface area contributed by atoms with Crippen molar-refractivity contribution in [1.29, 1.82) is 0 Å². The molecule has 0 aromatic carbocycles. The zero-order chi connectivity index (χ0) is 5.91. The average Bonchev–Trinajstić information content (AvgIpc) is 1.68. The molecule has 0 aromatic heterocycles. The van der Waals surface area contributed by atoms with Gasteiger partial charge in [0.1, 0.15) is 13.6 Å². The molecule has 0 saturated carbocycles. The normalized spacial score (nSPS) is 10.4. The predicted octanol–water partition coefficient (Wildman–Crippen LogP) is -0.652. The maximum atomic E-state index is 9.78. The third-order valence-corrected chi connectivity index (χ3v) is 0.704. The van der Waals surface area contributed by atoms with Gasteiger partial charge in [-0.15, -0.1) is 0 Å². The summed E-state index contributed by atoms with van der Waals surface area (Å²) >= 11 is 0. The monoisotopic (exact) mass is 89.1 g/mol. The maximum absolute atomic E-state index is 9.78. The Balaban J connectivity index is 3.58. The van der Waals surface area contributed by atoms with E-state index in [-0.39, 0.29) is 0 Å². The van der Waals surface area contributed by atoms with Crippen molar-refractivity contribution in [3.8, 4) is 0 Å². The molecule has 0 heterocycles. The molecule has 0 bridgehead atoms. The van der Waals surface area contributed by atoms with Crippen molar-refractivity contribution in [2.75, 3.05) is 0 Å². The van der Waals surface area contributed by atoms with Gasteiger partial charge in [0.2, 0.25) is 0 Å². The largest absolute Gasteiger partial charge is 0.305 e. The highest BCUT2D eigenvalue weighted by Gasteiger charge is 2.11. The van der Waals surface area contributed by atoms with Crippen LogP contribution in [0.5, 0.6) is 0 Å². The van der Waals surface area contributed by atoms with Gasteiger partial charge in [0.15, 0.2) is 0 Å². The van der Waals surface area contributed by atoms with E-state index in [1.165, 1.54) is 7.28 Å². The molecule has 4 heteroatoms. The van der Waals surface area contributed by atoms with Gasteiger partial charge in [0.05, 0.1) is 15.7 Å². The lowest BCUT2D eigenvalue weighted by atomic mass is 9.35. The minimum absolute atomic E-state index is 0.493. The van der Waals surface area contributed by atoms with E-state index in [2.05, 4.69) is 0 Å². The second kappa shape index (κ2) is 2.24. The summed E-state index contributed by atoms with van der Waals surface area (Å²) in [5.74, 6) is 0. The first-order valence-corrected chi connectivity index (χ1v) is 1.97. The molecular formula is C3H4B3O. The van der Waals surface area contributed by atoms with Crippen molar-refractivity contribution in [2.24, 2.45) is 0 Å². The van der Waals surface area contributed by atoms with Gasteiger partial charge in [-0.05, 0) is 0 Å². The standard InChI is InChI=1S/C3H4B3O/c1-6-3(4,5)2-7/h2H,1H3. The summed E-state index contributed by atoms with van der Waals surface area (Å²) in [6, 6.07) is 0. The Morgan fingerprint density at radius 3 is 2.14 bits per heavy atom. The van der Waals surface area contributed by atoms with Gasteiger partial charge in [-0.25, -0.2) is 0 Å². The Morgan fingerprint density at radius 1 is 1.71 bits per heavy atom. The van der Waals surface area contributed by atoms with Crippen molar-refractivity contribution in [2.45, 2.75) is 11.9 Å². The lowest BCUT2D eigenvalue weighted by Crippen LogP contribution is -2.20. The Bertz CT molecular complexity index is 70.6. The first-order valence-electron chi connectivity index (χ1n) is 1.97. The third kappa shape index (κ3) is 2.55. The van der Waals surface area contributed by atoms with Crippen LogP contribution in [-0.2, 0) is 4.79 Å². The number of rotatable bonds is 2. The van der Waals surface area contributed by atoms with Crippen LogP contribution in [-0.4, -0.2) is 29.3 Å². The van der Waals surface area contributed by atoms with Gasteiger partial charge < -0.3 is 4.79 Å². The quantitative estimate of drug-likeness (QED) is 0.324. The zero-order valence-electron chi connectivity index (χ0n) is 4.22. The third-order valence-electron chi connectivity index (χ3n) is 0.704. The molecule has 31 valence electrons. The summed E-state index contributed by atoms with van der Waals surface area (Å²) in [4.78, 5) is 9.78. The van der Waals surface area contributed by atoms with E-state index in [0.717, 1.165) is 0 Å². The van der Waals surface area contributed by atoms with Gasteiger partial charge in [0.25, 0.3) is 0 Å². The Hall–Kier alpha value is -0.135. The predicted molar refractivity (Wildman–Crippen MR) is 31.9 cm³/mol. The van der Waals surface area contributed by atoms with E-state index in [4.69, 9.17) is 15.7 Å². The molecule has 0 aliphatic carbocycles. The molecule has 0 unspecified atom stereocenters. The number of carbonyl (C=O) groups is 1. The van der Waals surface area contributed by atoms with E-state index >= 15 is 0 Å². The van der Waals surface area contributed by atoms with Crippen molar-refractivity contribution < 1.29 is 4.79 Å². The maximum Gasteiger partial charge on any atom is 0.102 e. The molecule has 0 spiro atoms. The van der Waals surface area contributed by atoms with E-state index in [1.807, 2.05) is 0 Å². The fraction of sp³-hybridized carbons (Fsp3) is 0.667. The van der Waals surface area contributed by atoms with Crippen molar-refractivity contribution >= 4 is 29.3 Å². The van der Waals surface area contributed by atoms with Gasteiger partial charge >= 0.3 is 0 Å². The molecule has 1 nitrogen and oxygen atoms in total. The summed E-state index contributed by atoms with van der Waals surface area (Å²) < 4.78 is 0. The van der Waals surface area contributed by atoms with Gasteiger partial charge in [-0.1, -0.05) is 11.9 Å². The molecule has 0 fully saturated rings. The first-order chi connectivity index (χ1) is 3.12. The van der Waals surface area contributed by atoms with E-state index in [9.17, 15) is 4.79 Å². The van der Waals surface area contributed by atoms with Crippen molar-refractivity contribution in [1.82, 2.24) is 0 Å². The first kappa shape index (κ1) is 6.86. The molecule has 0 atom stereocenters. The topological polar surface area (TPSA) is 17.1 Å². The van der Waals surface area contributed by atoms with Crippen LogP contribution in [0.15, 0.2) is 0 Å². The van der Waals surface area contributed by atoms with E-state index in [1.54, 1.807) is 6.82 Å². The highest BCUT2D eigenvalue weighted by atomic mass is 16.1. The number of hydrogen-bond acceptors (Lipinski definition) is 1. The van der Waals surface area contributed by atoms with E-state index < -0.39 is 5.11 Å². The summed E-state index contributed by atoms with van der Waals surface area (Å²) in [6.45, 7) is 1.63. The molecule has 7 heavy (non-hydrogen) atoms. The molecular weight excluding hydrogens is 84.5 g/mol. The van der Waals surface area contributed by atoms with E-state index in [0.29, 0.717) is 6.29 Å². The van der Waals surface area contributed by atoms with Crippen LogP contribution in [0.1, 0.15) is 0 Å². The fourth-order valence-corrected chi connectivity index (χ4v) is 0.0680. The van der Waals surface area contributed by atoms with Crippen LogP contribution >= 0.6 is 0 Å². The molecule has 0 aromatic rings. The summed E-state index contributed by atoms with van der Waals surface area (Å²) in [7, 11) is 11.6. The lowest BCUT2D eigenvalue weighted by Gasteiger charge is -2.10. The summed E-state index contributed by atoms with van der Waals surface area (Å²) in [5, 5.41) is -1.22. The summed E-state index contributed by atoms with van der Waals surface area (Å²) in [6.07, 6.45) is 0.493. The second-order valence-corrected chi connectivity index (χ2v) is 1.41. The molecule has 0 N–H and O–H groups in total. The Morgan fingerprint density at radius 2 is 2.14 bits per heavy atom. The van der Waals surface area contributed by atoms with Crippen molar-refractivity contribution in [3.05, 3.63) is 0 Å². The van der Waals surface area contributed by atoms with Gasteiger partial charge in [-0.2, -0.15) is 0 Å². The smallest absolute Gasteiger partial charge is 0.102 e. The van der Waals surface area contributed by atoms with Crippen LogP contribution in [0.4, 0.5) is 0 Å². The summed E-state index contributed by atoms with van der Waals surface area (Å²) in [5.41, 5.74) is 0. The lowest BCUT2D eigenvalue weighted by molar-refractivity contribution is -0.107. The SMILES string of the molecule is [B]C([B])([B]C)C=O. The molecule has 0 aliphatic rings. The van der Waals surface area contributed by atoms with Crippen LogP contribution in [0, 0.1) is 0 Å². The molecule has 0 saturated heterocycles. The highest BCUT2D eigenvalue weighted by Crippen LogP contribution is 2.05. The average molecular weight is 88.5 g/mol. The van der Waals surface area contributed by atoms with Crippen LogP contribution in [0.2, 0.25) is 11.9 Å². The molecule has 0 rings (SSSR count). The Kier molecular flexibility index (Phi) is 2.20. The molecule has 0 amide bonds. The van der Waals surface area contributed by atoms with Gasteiger partial charge in [0, 0.05) is 0 Å². The Labute approximate surface area is 46.9 Å². The fourth-order valence-electron chi connectivity index (χ4n) is 0.0680. The van der Waals surface area contributed by atoms with Crippen LogP contribution in [0.3, 0.4) is 0 Å². The minimum Gasteiger partial charge on any atom is -0.305 e.